The van der Waals surface area contributed by atoms with E-state index in [1.165, 1.54) is 18.3 Å². The van der Waals surface area contributed by atoms with Gasteiger partial charge in [0.05, 0.1) is 5.56 Å². The number of nitrogens with zero attached hydrogens (tertiary/aromatic N) is 1. The van der Waals surface area contributed by atoms with Crippen LogP contribution in [-0.4, -0.2) is 15.9 Å². The second-order valence-corrected chi connectivity index (χ2v) is 11.8. The fourth-order valence-electron chi connectivity index (χ4n) is 4.23. The molecule has 0 atom stereocenters. The van der Waals surface area contributed by atoms with Crippen LogP contribution in [0.5, 0.6) is 0 Å². The van der Waals surface area contributed by atoms with E-state index in [0.717, 1.165) is 31.0 Å². The van der Waals surface area contributed by atoms with Gasteiger partial charge in [0, 0.05) is 51.4 Å². The van der Waals surface area contributed by atoms with Crippen LogP contribution in [0.15, 0.2) is 60.5 Å². The number of hydrogen-bond donors (Lipinski definition) is 1. The van der Waals surface area contributed by atoms with E-state index >= 15 is 0 Å². The molecule has 1 heterocycles. The second-order valence-electron chi connectivity index (χ2n) is 11.8. The van der Waals surface area contributed by atoms with Crippen molar-refractivity contribution in [1.29, 1.82) is 0 Å². The number of allylic oxidation sites excluding steroid dienone is 2. The molecule has 1 N–H and O–H groups in total. The van der Waals surface area contributed by atoms with Crippen molar-refractivity contribution in [3.8, 4) is 11.3 Å². The largest absolute Gasteiger partial charge is 0.512 e. The van der Waals surface area contributed by atoms with Gasteiger partial charge in [0.2, 0.25) is 0 Å². The number of pyridine rings is 1. The molecule has 43 heavy (non-hydrogen) atoms. The van der Waals surface area contributed by atoms with Crippen molar-refractivity contribution in [3.05, 3.63) is 88.8 Å². The molecule has 3 aromatic carbocycles. The van der Waals surface area contributed by atoms with Crippen molar-refractivity contribution < 1.29 is 51.4 Å². The summed E-state index contributed by atoms with van der Waals surface area (Å²) < 4.78 is 86.5. The Bertz CT molecular complexity index is 1830. The summed E-state index contributed by atoms with van der Waals surface area (Å²) in [6.45, 7) is 8.08. The molecule has 0 unspecified atom stereocenters. The number of halogens is 3. The number of ketones is 1. The maximum absolute atomic E-state index is 13.4. The fraction of sp³-hybridized carbons (Fsp3) is 0.389. The van der Waals surface area contributed by atoms with Gasteiger partial charge in [-0.2, -0.15) is 13.2 Å². The Balaban J connectivity index is 0.000000444. The first-order valence-electron chi connectivity index (χ1n) is 16.8. The Morgan fingerprint density at radius 1 is 0.930 bits per heavy atom. The smallest absolute Gasteiger partial charge is 0.416 e. The van der Waals surface area contributed by atoms with E-state index in [9.17, 15) is 23.1 Å². The molecule has 0 saturated carbocycles. The van der Waals surface area contributed by atoms with Crippen molar-refractivity contribution in [2.24, 2.45) is 10.8 Å². The van der Waals surface area contributed by atoms with E-state index in [2.05, 4.69) is 11.1 Å². The maximum atomic E-state index is 13.4. The quantitative estimate of drug-likeness (QED) is 0.0919. The van der Waals surface area contributed by atoms with Gasteiger partial charge in [-0.3, -0.25) is 4.79 Å². The third-order valence-corrected chi connectivity index (χ3v) is 7.93. The summed E-state index contributed by atoms with van der Waals surface area (Å²) in [4.78, 5) is 16.1. The molecule has 0 aliphatic heterocycles. The number of rotatable bonds is 6. The van der Waals surface area contributed by atoms with Crippen molar-refractivity contribution in [1.82, 2.24) is 4.98 Å². The number of aromatic nitrogens is 1. The summed E-state index contributed by atoms with van der Waals surface area (Å²) in [5, 5.41) is 11.8. The number of alkyl halides is 3. The normalized spacial score (nSPS) is 15.2. The summed E-state index contributed by atoms with van der Waals surface area (Å²) in [6, 6.07) is 12.2. The van der Waals surface area contributed by atoms with Crippen LogP contribution >= 0.6 is 0 Å². The number of aliphatic hydroxyl groups is 1. The number of carbonyl (C=O) groups excluding carboxylic acids is 1. The van der Waals surface area contributed by atoms with Gasteiger partial charge in [0.25, 0.3) is 0 Å². The average Bonchev–Trinajstić information content (AvgIpc) is 2.99. The van der Waals surface area contributed by atoms with Gasteiger partial charge >= 0.3 is 6.18 Å². The van der Waals surface area contributed by atoms with Gasteiger partial charge in [0.1, 0.15) is 5.76 Å². The third kappa shape index (κ3) is 8.33. The molecule has 0 aliphatic rings. The zero-order valence-electron chi connectivity index (χ0n) is 31.4. The molecule has 4 aromatic rings. The van der Waals surface area contributed by atoms with Crippen molar-refractivity contribution in [3.63, 3.8) is 0 Å². The molecule has 4 rings (SSSR count). The molecule has 1 radical (unpaired) electrons. The molecule has 0 spiro atoms. The molecule has 233 valence electrons. The topological polar surface area (TPSA) is 50.2 Å². The molecular formula is C36H41F3IrNO2-. The summed E-state index contributed by atoms with van der Waals surface area (Å²) in [6.07, 6.45) is -0.130. The third-order valence-electron chi connectivity index (χ3n) is 7.93. The molecule has 0 aliphatic carbocycles. The minimum absolute atomic E-state index is 0. The number of benzene rings is 3. The van der Waals surface area contributed by atoms with Crippen LogP contribution in [0, 0.1) is 37.5 Å². The Labute approximate surface area is 275 Å². The van der Waals surface area contributed by atoms with Crippen LogP contribution in [0.25, 0.3) is 32.8 Å². The van der Waals surface area contributed by atoms with Crippen molar-refractivity contribution in [2.75, 3.05) is 0 Å². The van der Waals surface area contributed by atoms with Crippen LogP contribution in [-0.2, 0) is 31.1 Å². The molecule has 0 fully saturated rings. The second kappa shape index (κ2) is 13.7. The zero-order chi connectivity index (χ0) is 36.6. The number of aliphatic hydroxyl groups excluding tert-OH is 1. The Morgan fingerprint density at radius 3 is 2.16 bits per heavy atom. The number of hydrogen-bond acceptors (Lipinski definition) is 3. The Morgan fingerprint density at radius 2 is 1.58 bits per heavy atom. The zero-order valence-corrected chi connectivity index (χ0v) is 27.8. The Hall–Kier alpha value is -3.02. The average molecular weight is 775 g/mol. The number of aryl methyl sites for hydroxylation is 3. The first-order valence-corrected chi connectivity index (χ1v) is 13.8. The number of fused-ring (bicyclic) bond motifs is 3. The molecule has 1 aromatic heterocycles. The van der Waals surface area contributed by atoms with Gasteiger partial charge < -0.3 is 10.1 Å². The van der Waals surface area contributed by atoms with Crippen molar-refractivity contribution >= 4 is 27.3 Å². The van der Waals surface area contributed by atoms with Crippen LogP contribution in [0.3, 0.4) is 0 Å². The monoisotopic (exact) mass is 775 g/mol. The van der Waals surface area contributed by atoms with E-state index in [4.69, 9.17) is 8.22 Å². The van der Waals surface area contributed by atoms with Crippen LogP contribution in [0.1, 0.15) is 84.9 Å². The van der Waals surface area contributed by atoms with Crippen LogP contribution in [0.2, 0.25) is 0 Å². The molecular weight excluding hydrogens is 728 g/mol. The van der Waals surface area contributed by atoms with Gasteiger partial charge in [-0.1, -0.05) is 67.4 Å². The van der Waals surface area contributed by atoms with Gasteiger partial charge in [-0.25, -0.2) is 0 Å². The minimum Gasteiger partial charge on any atom is -0.512 e. The molecule has 0 bridgehead atoms. The summed E-state index contributed by atoms with van der Waals surface area (Å²) in [7, 11) is 0. The summed E-state index contributed by atoms with van der Waals surface area (Å²) >= 11 is 0. The minimum atomic E-state index is -4.52. The van der Waals surface area contributed by atoms with E-state index in [1.807, 2.05) is 41.5 Å². The van der Waals surface area contributed by atoms with Gasteiger partial charge in [-0.15, -0.1) is 34.9 Å². The summed E-state index contributed by atoms with van der Waals surface area (Å²) in [5.41, 5.74) is -1.08. The first-order chi connectivity index (χ1) is 21.8. The molecule has 3 nitrogen and oxygen atoms in total. The predicted octanol–water partition coefficient (Wildman–Crippen LogP) is 10.7. The van der Waals surface area contributed by atoms with E-state index in [1.54, 1.807) is 25.1 Å². The molecule has 7 heteroatoms. The van der Waals surface area contributed by atoms with Crippen molar-refractivity contribution in [2.45, 2.75) is 81.2 Å². The van der Waals surface area contributed by atoms with Crippen LogP contribution < -0.4 is 0 Å². The Kier molecular flexibility index (Phi) is 8.79. The van der Waals surface area contributed by atoms with Gasteiger partial charge in [0.15, 0.2) is 5.78 Å². The van der Waals surface area contributed by atoms with E-state index in [0.29, 0.717) is 27.1 Å². The van der Waals surface area contributed by atoms with Crippen LogP contribution in [0.4, 0.5) is 13.2 Å². The fourth-order valence-corrected chi connectivity index (χ4v) is 4.23. The maximum Gasteiger partial charge on any atom is 0.416 e. The predicted molar refractivity (Wildman–Crippen MR) is 167 cm³/mol. The number of carbonyl (C=O) groups is 1. The SMILES string of the molecule is CCC(C)(C)C(=O)C=C(O)C(C)(C)CC.[2H]C([2H])([2H])c1[c-]c(-c2nccc3c2ccc2c(C)cc(C(F)(F)F)cc23)cc(C([2H])([2H])[2H])c1.[Ir]. The van der Waals surface area contributed by atoms with E-state index < -0.39 is 25.4 Å². The molecule has 0 saturated heterocycles. The first kappa shape index (κ1) is 27.5. The summed E-state index contributed by atoms with van der Waals surface area (Å²) in [5.74, 6) is 0.195. The molecule has 0 amide bonds. The van der Waals surface area contributed by atoms with E-state index in [-0.39, 0.29) is 64.9 Å². The standard InChI is InChI=1S/C23H17F3N.C13H24O2.Ir/c1-13-8-14(2)10-16(9-13)22-20-5-4-18-15(3)11-17(23(24,25)26)12-21(18)19(20)6-7-27-22;1-7-12(3,4)10(14)9-11(15)13(5,6)8-2;/h4-9,11-12H,1-3H3;9,14H,7-8H2,1-6H3;/q-1;;/i1D3,2D3;;. The van der Waals surface area contributed by atoms with Gasteiger partial charge in [-0.05, 0) is 70.8 Å².